The van der Waals surface area contributed by atoms with Crippen LogP contribution in [0.5, 0.6) is 5.75 Å². The van der Waals surface area contributed by atoms with Gasteiger partial charge in [-0.15, -0.1) is 0 Å². The van der Waals surface area contributed by atoms with Crippen molar-refractivity contribution >= 4 is 16.9 Å². The van der Waals surface area contributed by atoms with E-state index in [1.165, 1.54) is 0 Å². The fraction of sp³-hybridized carbons (Fsp3) is 0.594. The van der Waals surface area contributed by atoms with Gasteiger partial charge in [0.2, 0.25) is 0 Å². The Morgan fingerprint density at radius 2 is 1.90 bits per heavy atom. The van der Waals surface area contributed by atoms with Crippen molar-refractivity contribution in [1.82, 2.24) is 4.57 Å². The van der Waals surface area contributed by atoms with Crippen molar-refractivity contribution in [2.75, 3.05) is 13.7 Å². The fourth-order valence-electron chi connectivity index (χ4n) is 9.00. The van der Waals surface area contributed by atoms with Gasteiger partial charge in [-0.3, -0.25) is 0 Å². The third kappa shape index (κ3) is 3.19. The van der Waals surface area contributed by atoms with Crippen molar-refractivity contribution in [2.24, 2.45) is 41.5 Å². The Kier molecular flexibility index (Phi) is 5.97. The Bertz CT molecular complexity index is 1470. The minimum atomic E-state index is -2.08. The molecule has 6 rings (SSSR count). The molecule has 2 aromatic rings. The van der Waals surface area contributed by atoms with E-state index in [4.69, 9.17) is 9.47 Å². The highest BCUT2D eigenvalue weighted by Gasteiger charge is 2.76. The van der Waals surface area contributed by atoms with Crippen LogP contribution in [0.2, 0.25) is 0 Å². The van der Waals surface area contributed by atoms with Gasteiger partial charge in [0.05, 0.1) is 30.8 Å². The quantitative estimate of drug-likeness (QED) is 0.340. The lowest BCUT2D eigenvalue weighted by atomic mass is 9.58. The number of ether oxygens (including phenoxy) is 2. The molecule has 0 amide bonds. The monoisotopic (exact) mass is 551 g/mol. The van der Waals surface area contributed by atoms with Crippen molar-refractivity contribution < 1.29 is 34.7 Å². The van der Waals surface area contributed by atoms with Gasteiger partial charge in [0.15, 0.2) is 6.10 Å². The van der Waals surface area contributed by atoms with Crippen LogP contribution >= 0.6 is 0 Å². The van der Waals surface area contributed by atoms with E-state index in [9.17, 15) is 25.2 Å². The molecule has 4 N–H and O–H groups in total. The van der Waals surface area contributed by atoms with Crippen molar-refractivity contribution in [2.45, 2.75) is 65.0 Å². The standard InChI is InChI=1S/C32H41NO7/c1-15-13-31-16(2)10-22-25(30(22,4)5)21(27(31)36)11-18(14-34)26(35)32(31,38)28(15)40-29(37)24-17(3)33(6)23-9-8-19(39-7)12-20(23)24/h8-9,11-13,16,21-22,25-28,34-36,38H,10,14H2,1-7H3/t16-,21+,22-,25+,26-,27?,28+,31+,32+/m1/s1. The van der Waals surface area contributed by atoms with Crippen LogP contribution in [0.3, 0.4) is 0 Å². The third-order valence-electron chi connectivity index (χ3n) is 11.3. The molecule has 1 aromatic carbocycles. The second kappa shape index (κ2) is 8.68. The summed E-state index contributed by atoms with van der Waals surface area (Å²) >= 11 is 0. The zero-order valence-corrected chi connectivity index (χ0v) is 24.3. The number of hydrogen-bond donors (Lipinski definition) is 4. The number of aryl methyl sites for hydroxylation is 1. The summed E-state index contributed by atoms with van der Waals surface area (Å²) < 4.78 is 13.5. The van der Waals surface area contributed by atoms with Gasteiger partial charge in [-0.05, 0) is 72.8 Å². The molecule has 216 valence electrons. The molecule has 8 heteroatoms. The Hall–Kier alpha value is -2.65. The SMILES string of the molecule is COc1ccc2c(c1)c(C(=O)O[C@H]1C(C)=C[C@]34C(O)[C@@H](C=C(CO)[C@@H](O)[C@]13O)[C@H]1[C@@H](C[C@H]4C)C1(C)C)c(C)n2C. The molecular weight excluding hydrogens is 510 g/mol. The maximum Gasteiger partial charge on any atom is 0.341 e. The number of aliphatic hydroxyl groups is 4. The molecule has 4 aliphatic rings. The maximum absolute atomic E-state index is 14.0. The first-order valence-corrected chi connectivity index (χ1v) is 14.2. The Balaban J connectivity index is 1.47. The normalized spacial score (nSPS) is 39.4. The zero-order chi connectivity index (χ0) is 29.1. The fourth-order valence-corrected chi connectivity index (χ4v) is 9.00. The predicted octanol–water partition coefficient (Wildman–Crippen LogP) is 3.28. The lowest BCUT2D eigenvalue weighted by Crippen LogP contribution is -2.66. The van der Waals surface area contributed by atoms with Crippen LogP contribution in [0.4, 0.5) is 0 Å². The van der Waals surface area contributed by atoms with Crippen molar-refractivity contribution in [3.05, 3.63) is 52.8 Å². The first-order valence-electron chi connectivity index (χ1n) is 14.2. The third-order valence-corrected chi connectivity index (χ3v) is 11.3. The molecule has 9 atom stereocenters. The predicted molar refractivity (Wildman–Crippen MR) is 150 cm³/mol. The van der Waals surface area contributed by atoms with Gasteiger partial charge in [-0.25, -0.2) is 4.79 Å². The topological polar surface area (TPSA) is 121 Å². The molecule has 1 unspecified atom stereocenters. The first kappa shape index (κ1) is 27.5. The number of benzene rings is 1. The Labute approximate surface area is 234 Å². The molecule has 40 heavy (non-hydrogen) atoms. The van der Waals surface area contributed by atoms with Gasteiger partial charge in [-0.1, -0.05) is 32.9 Å². The molecule has 1 aromatic heterocycles. The lowest BCUT2D eigenvalue weighted by molar-refractivity contribution is -0.215. The number of aromatic nitrogens is 1. The van der Waals surface area contributed by atoms with E-state index in [0.717, 1.165) is 11.9 Å². The molecule has 0 radical (unpaired) electrons. The summed E-state index contributed by atoms with van der Waals surface area (Å²) in [6.07, 6.45) is 0.573. The average Bonchev–Trinajstić information content (AvgIpc) is 3.28. The van der Waals surface area contributed by atoms with Gasteiger partial charge < -0.3 is 34.5 Å². The number of carbonyl (C=O) groups is 1. The van der Waals surface area contributed by atoms with Crippen LogP contribution in [-0.4, -0.2) is 68.6 Å². The van der Waals surface area contributed by atoms with Crippen LogP contribution in [0.15, 0.2) is 41.5 Å². The maximum atomic E-state index is 14.0. The van der Waals surface area contributed by atoms with Crippen LogP contribution in [0.25, 0.3) is 10.9 Å². The minimum absolute atomic E-state index is 0.00215. The zero-order valence-electron chi connectivity index (χ0n) is 24.3. The summed E-state index contributed by atoms with van der Waals surface area (Å²) in [6, 6.07) is 5.50. The molecule has 4 aliphatic carbocycles. The molecular formula is C32H41NO7. The summed E-state index contributed by atoms with van der Waals surface area (Å²) in [7, 11) is 3.43. The van der Waals surface area contributed by atoms with E-state index < -0.39 is 41.9 Å². The van der Waals surface area contributed by atoms with E-state index in [1.807, 2.05) is 43.7 Å². The lowest BCUT2D eigenvalue weighted by Gasteiger charge is -2.52. The van der Waals surface area contributed by atoms with Crippen molar-refractivity contribution in [3.63, 3.8) is 0 Å². The Morgan fingerprint density at radius 1 is 1.20 bits per heavy atom. The first-order chi connectivity index (χ1) is 18.8. The highest BCUT2D eigenvalue weighted by molar-refractivity contribution is 6.06. The van der Waals surface area contributed by atoms with Gasteiger partial charge in [0.25, 0.3) is 0 Å². The summed E-state index contributed by atoms with van der Waals surface area (Å²) in [5, 5.41) is 47.7. The van der Waals surface area contributed by atoms with Crippen LogP contribution in [-0.2, 0) is 11.8 Å². The van der Waals surface area contributed by atoms with Gasteiger partial charge >= 0.3 is 5.97 Å². The molecule has 2 saturated carbocycles. The molecule has 1 heterocycles. The number of nitrogens with zero attached hydrogens (tertiary/aromatic N) is 1. The highest BCUT2D eigenvalue weighted by Crippen LogP contribution is 2.72. The molecule has 2 fully saturated rings. The number of rotatable bonds is 4. The molecule has 0 aliphatic heterocycles. The molecule has 1 spiro atoms. The van der Waals surface area contributed by atoms with E-state index in [-0.39, 0.29) is 28.7 Å². The summed E-state index contributed by atoms with van der Waals surface area (Å²) in [4.78, 5) is 14.0. The smallest absolute Gasteiger partial charge is 0.341 e. The number of methoxy groups -OCH3 is 1. The second-order valence-electron chi connectivity index (χ2n) is 13.2. The van der Waals surface area contributed by atoms with E-state index in [0.29, 0.717) is 33.9 Å². The highest BCUT2D eigenvalue weighted by atomic mass is 16.6. The Morgan fingerprint density at radius 3 is 2.55 bits per heavy atom. The van der Waals surface area contributed by atoms with Crippen LogP contribution < -0.4 is 4.74 Å². The van der Waals surface area contributed by atoms with Crippen LogP contribution in [0.1, 0.15) is 50.2 Å². The van der Waals surface area contributed by atoms with Gasteiger partial charge in [0, 0.05) is 29.6 Å². The van der Waals surface area contributed by atoms with E-state index >= 15 is 0 Å². The number of fused-ring (bicyclic) bond motifs is 4. The molecule has 0 saturated heterocycles. The molecule has 8 nitrogen and oxygen atoms in total. The van der Waals surface area contributed by atoms with Crippen molar-refractivity contribution in [1.29, 1.82) is 0 Å². The number of esters is 1. The second-order valence-corrected chi connectivity index (χ2v) is 13.2. The number of hydrogen-bond acceptors (Lipinski definition) is 7. The average molecular weight is 552 g/mol. The van der Waals surface area contributed by atoms with Gasteiger partial charge in [0.1, 0.15) is 17.5 Å². The minimum Gasteiger partial charge on any atom is -0.497 e. The molecule has 2 bridgehead atoms. The summed E-state index contributed by atoms with van der Waals surface area (Å²) in [5.41, 5.74) is -0.657. The summed E-state index contributed by atoms with van der Waals surface area (Å²) in [5.74, 6) is -0.134. The summed E-state index contributed by atoms with van der Waals surface area (Å²) in [6.45, 7) is 9.53. The van der Waals surface area contributed by atoms with Crippen molar-refractivity contribution in [3.8, 4) is 5.75 Å². The van der Waals surface area contributed by atoms with E-state index in [1.54, 1.807) is 26.2 Å². The van der Waals surface area contributed by atoms with E-state index in [2.05, 4.69) is 13.8 Å². The largest absolute Gasteiger partial charge is 0.497 e. The van der Waals surface area contributed by atoms with Gasteiger partial charge in [-0.2, -0.15) is 0 Å². The number of aliphatic hydroxyl groups excluding tert-OH is 3. The number of carbonyl (C=O) groups excluding carboxylic acids is 1. The van der Waals surface area contributed by atoms with Crippen LogP contribution in [0, 0.1) is 41.4 Å².